The fraction of sp³-hybridized carbons (Fsp3) is 0.714. The van der Waals surface area contributed by atoms with Gasteiger partial charge >= 0.3 is 0 Å². The van der Waals surface area contributed by atoms with Crippen molar-refractivity contribution < 1.29 is 8.42 Å². The van der Waals surface area contributed by atoms with E-state index in [-0.39, 0.29) is 5.41 Å². The van der Waals surface area contributed by atoms with E-state index in [0.717, 1.165) is 32.2 Å². The van der Waals surface area contributed by atoms with E-state index in [1.165, 1.54) is 36.0 Å². The lowest BCUT2D eigenvalue weighted by molar-refractivity contribution is 0.311. The smallest absolute Gasteiger partial charge is 0.150 e. The van der Waals surface area contributed by atoms with Gasteiger partial charge in [0.25, 0.3) is 0 Å². The molecule has 1 aliphatic heterocycles. The zero-order valence-electron chi connectivity index (χ0n) is 16.0. The van der Waals surface area contributed by atoms with Crippen LogP contribution in [0.4, 0.5) is 0 Å². The average molecular weight is 364 g/mol. The molecule has 0 spiro atoms. The van der Waals surface area contributed by atoms with Gasteiger partial charge in [-0.05, 0) is 74.1 Å². The second-order valence-electron chi connectivity index (χ2n) is 8.93. The second kappa shape index (κ2) is 7.03. The number of allylic oxidation sites excluding steroid dienone is 5. The Labute approximate surface area is 153 Å². The number of rotatable bonds is 4. The molecule has 3 aliphatic rings. The molecule has 0 aromatic heterocycles. The standard InChI is InChI=1S/C21H33NO2S/c1-20(2)9-7-17(8-10-20)18-5-4-6-19(15-18)21(16-22-3)11-13-25(23,24)14-12-21/h6-7,15,22H,4-5,8-14,16H2,1-3H3. The van der Waals surface area contributed by atoms with Crippen molar-refractivity contribution in [3.8, 4) is 0 Å². The van der Waals surface area contributed by atoms with Crippen LogP contribution in [-0.2, 0) is 9.84 Å². The first kappa shape index (κ1) is 18.9. The Kier molecular flexibility index (Phi) is 5.32. The lowest BCUT2D eigenvalue weighted by Gasteiger charge is -2.40. The third-order valence-electron chi connectivity index (χ3n) is 6.40. The summed E-state index contributed by atoms with van der Waals surface area (Å²) in [5.41, 5.74) is 4.83. The third-order valence-corrected chi connectivity index (χ3v) is 8.06. The first-order valence-corrected chi connectivity index (χ1v) is 11.5. The van der Waals surface area contributed by atoms with Crippen LogP contribution in [0.3, 0.4) is 0 Å². The molecule has 0 radical (unpaired) electrons. The fourth-order valence-corrected chi connectivity index (χ4v) is 6.14. The molecular weight excluding hydrogens is 330 g/mol. The van der Waals surface area contributed by atoms with Crippen LogP contribution in [0.15, 0.2) is 34.9 Å². The highest BCUT2D eigenvalue weighted by Gasteiger charge is 2.39. The van der Waals surface area contributed by atoms with Crippen molar-refractivity contribution in [3.05, 3.63) is 34.9 Å². The first-order chi connectivity index (χ1) is 11.8. The van der Waals surface area contributed by atoms with Gasteiger partial charge in [-0.3, -0.25) is 0 Å². The summed E-state index contributed by atoms with van der Waals surface area (Å²) in [4.78, 5) is 0. The van der Waals surface area contributed by atoms with Crippen LogP contribution in [0.2, 0.25) is 0 Å². The van der Waals surface area contributed by atoms with Gasteiger partial charge in [-0.25, -0.2) is 8.42 Å². The van der Waals surface area contributed by atoms with Crippen LogP contribution in [0, 0.1) is 10.8 Å². The molecule has 1 saturated heterocycles. The maximum atomic E-state index is 11.9. The Morgan fingerprint density at radius 3 is 2.36 bits per heavy atom. The summed E-state index contributed by atoms with van der Waals surface area (Å²) in [6, 6.07) is 0. The molecule has 0 aromatic carbocycles. The van der Waals surface area contributed by atoms with Crippen LogP contribution in [0.25, 0.3) is 0 Å². The molecule has 3 nitrogen and oxygen atoms in total. The molecule has 4 heteroatoms. The fourth-order valence-electron chi connectivity index (χ4n) is 4.53. The zero-order chi connectivity index (χ0) is 18.1. The molecule has 1 N–H and O–H groups in total. The lowest BCUT2D eigenvalue weighted by atomic mass is 9.70. The maximum absolute atomic E-state index is 11.9. The first-order valence-electron chi connectivity index (χ1n) is 9.71. The van der Waals surface area contributed by atoms with Crippen molar-refractivity contribution in [2.75, 3.05) is 25.1 Å². The Morgan fingerprint density at radius 2 is 1.76 bits per heavy atom. The third kappa shape index (κ3) is 4.28. The second-order valence-corrected chi connectivity index (χ2v) is 11.2. The van der Waals surface area contributed by atoms with Crippen LogP contribution in [0.5, 0.6) is 0 Å². The molecule has 0 amide bonds. The average Bonchev–Trinajstić information content (AvgIpc) is 2.57. The predicted molar refractivity (Wildman–Crippen MR) is 105 cm³/mol. The quantitative estimate of drug-likeness (QED) is 0.815. The Balaban J connectivity index is 1.84. The van der Waals surface area contributed by atoms with E-state index in [4.69, 9.17) is 0 Å². The monoisotopic (exact) mass is 363 g/mol. The Bertz CT molecular complexity index is 696. The number of hydrogen-bond acceptors (Lipinski definition) is 3. The van der Waals surface area contributed by atoms with Crippen molar-refractivity contribution in [1.82, 2.24) is 5.32 Å². The normalized spacial score (nSPS) is 27.9. The molecule has 1 fully saturated rings. The molecule has 1 heterocycles. The molecule has 0 atom stereocenters. The molecule has 0 aromatic rings. The Morgan fingerprint density at radius 1 is 1.04 bits per heavy atom. The topological polar surface area (TPSA) is 46.2 Å². The molecular formula is C21H33NO2S. The van der Waals surface area contributed by atoms with Gasteiger partial charge in [0, 0.05) is 12.0 Å². The summed E-state index contributed by atoms with van der Waals surface area (Å²) < 4.78 is 23.9. The van der Waals surface area contributed by atoms with Gasteiger partial charge in [0.1, 0.15) is 9.84 Å². The van der Waals surface area contributed by atoms with E-state index in [2.05, 4.69) is 37.4 Å². The summed E-state index contributed by atoms with van der Waals surface area (Å²) >= 11 is 0. The summed E-state index contributed by atoms with van der Waals surface area (Å²) in [6.07, 6.45) is 14.5. The molecule has 25 heavy (non-hydrogen) atoms. The minimum absolute atomic E-state index is 0.0137. The summed E-state index contributed by atoms with van der Waals surface area (Å²) in [5, 5.41) is 3.33. The SMILES string of the molecule is CNCC1(C2=CCCC(C3=CCC(C)(C)CC3)=C2)CCS(=O)(=O)CC1. The van der Waals surface area contributed by atoms with E-state index in [9.17, 15) is 8.42 Å². The lowest BCUT2D eigenvalue weighted by Crippen LogP contribution is -2.41. The highest BCUT2D eigenvalue weighted by Crippen LogP contribution is 2.44. The van der Waals surface area contributed by atoms with Crippen LogP contribution < -0.4 is 5.32 Å². The predicted octanol–water partition coefficient (Wildman–Crippen LogP) is 4.18. The van der Waals surface area contributed by atoms with Crippen molar-refractivity contribution in [2.45, 2.75) is 58.8 Å². The van der Waals surface area contributed by atoms with Gasteiger partial charge in [-0.15, -0.1) is 0 Å². The van der Waals surface area contributed by atoms with Crippen molar-refractivity contribution in [1.29, 1.82) is 0 Å². The van der Waals surface area contributed by atoms with E-state index >= 15 is 0 Å². The van der Waals surface area contributed by atoms with Gasteiger partial charge in [0.2, 0.25) is 0 Å². The van der Waals surface area contributed by atoms with Crippen LogP contribution >= 0.6 is 0 Å². The number of hydrogen-bond donors (Lipinski definition) is 1. The van der Waals surface area contributed by atoms with Crippen LogP contribution in [0.1, 0.15) is 58.8 Å². The summed E-state index contributed by atoms with van der Waals surface area (Å²) in [7, 11) is -0.868. The summed E-state index contributed by atoms with van der Waals surface area (Å²) in [5.74, 6) is 0.651. The molecule has 0 bridgehead atoms. The van der Waals surface area contributed by atoms with E-state index in [1.54, 1.807) is 0 Å². The maximum Gasteiger partial charge on any atom is 0.150 e. The number of sulfone groups is 1. The summed E-state index contributed by atoms with van der Waals surface area (Å²) in [6.45, 7) is 5.57. The van der Waals surface area contributed by atoms with Crippen molar-refractivity contribution in [2.24, 2.45) is 10.8 Å². The largest absolute Gasteiger partial charge is 0.319 e. The van der Waals surface area contributed by atoms with Gasteiger partial charge in [0.15, 0.2) is 0 Å². The van der Waals surface area contributed by atoms with Gasteiger partial charge < -0.3 is 5.32 Å². The van der Waals surface area contributed by atoms with Gasteiger partial charge in [-0.1, -0.05) is 32.1 Å². The van der Waals surface area contributed by atoms with Crippen molar-refractivity contribution in [3.63, 3.8) is 0 Å². The zero-order valence-corrected chi connectivity index (χ0v) is 16.8. The van der Waals surface area contributed by atoms with E-state index in [0.29, 0.717) is 16.9 Å². The van der Waals surface area contributed by atoms with Gasteiger partial charge in [-0.2, -0.15) is 0 Å². The highest BCUT2D eigenvalue weighted by atomic mass is 32.2. The molecule has 140 valence electrons. The molecule has 3 rings (SSSR count). The van der Waals surface area contributed by atoms with Gasteiger partial charge in [0.05, 0.1) is 11.5 Å². The number of nitrogens with one attached hydrogen (secondary N) is 1. The minimum atomic E-state index is -2.84. The van der Waals surface area contributed by atoms with E-state index in [1.807, 2.05) is 7.05 Å². The molecule has 0 unspecified atom stereocenters. The van der Waals surface area contributed by atoms with Crippen molar-refractivity contribution >= 4 is 9.84 Å². The van der Waals surface area contributed by atoms with Crippen LogP contribution in [-0.4, -0.2) is 33.5 Å². The van der Waals surface area contributed by atoms with E-state index < -0.39 is 9.84 Å². The Hall–Kier alpha value is -0.870. The molecule has 0 saturated carbocycles. The molecule has 2 aliphatic carbocycles. The minimum Gasteiger partial charge on any atom is -0.319 e. The highest BCUT2D eigenvalue weighted by molar-refractivity contribution is 7.91.